The lowest BCUT2D eigenvalue weighted by Gasteiger charge is -2.35. The lowest BCUT2D eigenvalue weighted by Crippen LogP contribution is -2.34. The number of aryl methyl sites for hydroxylation is 2. The molecular formula is C12H21N3. The van der Waals surface area contributed by atoms with Crippen LogP contribution in [0.2, 0.25) is 0 Å². The zero-order valence-corrected chi connectivity index (χ0v) is 9.74. The first-order valence-electron chi connectivity index (χ1n) is 5.96. The number of nitrogens with two attached hydrogens (primary N) is 1. The first-order valence-corrected chi connectivity index (χ1v) is 5.96. The van der Waals surface area contributed by atoms with E-state index in [4.69, 9.17) is 5.73 Å². The highest BCUT2D eigenvalue weighted by Crippen LogP contribution is 2.35. The van der Waals surface area contributed by atoms with E-state index in [0.717, 1.165) is 31.2 Å². The molecule has 15 heavy (non-hydrogen) atoms. The Kier molecular flexibility index (Phi) is 3.10. The van der Waals surface area contributed by atoms with Crippen molar-refractivity contribution >= 4 is 0 Å². The second kappa shape index (κ2) is 4.35. The van der Waals surface area contributed by atoms with Gasteiger partial charge in [-0.25, -0.2) is 0 Å². The summed E-state index contributed by atoms with van der Waals surface area (Å²) in [5.41, 5.74) is 8.30. The van der Waals surface area contributed by atoms with Gasteiger partial charge in [0.15, 0.2) is 0 Å². The zero-order valence-electron chi connectivity index (χ0n) is 9.74. The van der Waals surface area contributed by atoms with Gasteiger partial charge < -0.3 is 5.73 Å². The monoisotopic (exact) mass is 207 g/mol. The Balaban J connectivity index is 2.01. The molecule has 1 aromatic rings. The standard InChI is InChI=1S/C12H21N3/c1-3-11-7-12(15(2)14-11)6-9-4-5-10(9)8-13/h7,9-10H,3-6,8,13H2,1-2H3. The fourth-order valence-corrected chi connectivity index (χ4v) is 2.42. The van der Waals surface area contributed by atoms with E-state index in [9.17, 15) is 0 Å². The van der Waals surface area contributed by atoms with Crippen molar-refractivity contribution in [1.82, 2.24) is 9.78 Å². The van der Waals surface area contributed by atoms with E-state index < -0.39 is 0 Å². The predicted molar refractivity (Wildman–Crippen MR) is 61.6 cm³/mol. The molecule has 1 heterocycles. The van der Waals surface area contributed by atoms with Crippen LogP contribution in [0.1, 0.15) is 31.2 Å². The Morgan fingerprint density at radius 3 is 2.67 bits per heavy atom. The van der Waals surface area contributed by atoms with Crippen molar-refractivity contribution in [3.8, 4) is 0 Å². The quantitative estimate of drug-likeness (QED) is 0.813. The lowest BCUT2D eigenvalue weighted by molar-refractivity contribution is 0.180. The zero-order chi connectivity index (χ0) is 10.8. The maximum Gasteiger partial charge on any atom is 0.0624 e. The van der Waals surface area contributed by atoms with Crippen molar-refractivity contribution < 1.29 is 0 Å². The molecule has 2 N–H and O–H groups in total. The van der Waals surface area contributed by atoms with E-state index >= 15 is 0 Å². The smallest absolute Gasteiger partial charge is 0.0624 e. The van der Waals surface area contributed by atoms with Gasteiger partial charge in [-0.3, -0.25) is 4.68 Å². The SMILES string of the molecule is CCc1cc(CC2CCC2CN)n(C)n1. The summed E-state index contributed by atoms with van der Waals surface area (Å²) in [6.07, 6.45) is 4.85. The molecule has 1 aliphatic rings. The van der Waals surface area contributed by atoms with Crippen molar-refractivity contribution in [3.05, 3.63) is 17.5 Å². The van der Waals surface area contributed by atoms with Crippen molar-refractivity contribution in [1.29, 1.82) is 0 Å². The van der Waals surface area contributed by atoms with Crippen molar-refractivity contribution in [3.63, 3.8) is 0 Å². The van der Waals surface area contributed by atoms with Crippen LogP contribution in [0.5, 0.6) is 0 Å². The van der Waals surface area contributed by atoms with Crippen LogP contribution in [0.3, 0.4) is 0 Å². The number of hydrogen-bond acceptors (Lipinski definition) is 2. The highest BCUT2D eigenvalue weighted by molar-refractivity contribution is 5.11. The third-order valence-corrected chi connectivity index (χ3v) is 3.74. The molecule has 0 spiro atoms. The van der Waals surface area contributed by atoms with E-state index in [0.29, 0.717) is 0 Å². The Labute approximate surface area is 91.7 Å². The molecule has 2 rings (SSSR count). The summed E-state index contributed by atoms with van der Waals surface area (Å²) in [4.78, 5) is 0. The first kappa shape index (κ1) is 10.7. The summed E-state index contributed by atoms with van der Waals surface area (Å²) in [6, 6.07) is 2.24. The number of rotatable bonds is 4. The molecule has 1 fully saturated rings. The highest BCUT2D eigenvalue weighted by atomic mass is 15.3. The van der Waals surface area contributed by atoms with Crippen LogP contribution in [0.25, 0.3) is 0 Å². The highest BCUT2D eigenvalue weighted by Gasteiger charge is 2.30. The molecule has 0 bridgehead atoms. The number of nitrogens with zero attached hydrogens (tertiary/aromatic N) is 2. The van der Waals surface area contributed by atoms with Crippen molar-refractivity contribution in [2.24, 2.45) is 24.6 Å². The van der Waals surface area contributed by atoms with Gasteiger partial charge in [0.1, 0.15) is 0 Å². The van der Waals surface area contributed by atoms with Gasteiger partial charge in [0.25, 0.3) is 0 Å². The number of hydrogen-bond donors (Lipinski definition) is 1. The third kappa shape index (κ3) is 2.07. The van der Waals surface area contributed by atoms with Gasteiger partial charge in [-0.1, -0.05) is 6.92 Å². The summed E-state index contributed by atoms with van der Waals surface area (Å²) in [6.45, 7) is 3.00. The molecule has 0 aliphatic heterocycles. The molecular weight excluding hydrogens is 186 g/mol. The fourth-order valence-electron chi connectivity index (χ4n) is 2.42. The van der Waals surface area contributed by atoms with Crippen LogP contribution in [-0.2, 0) is 19.9 Å². The molecule has 0 radical (unpaired) electrons. The minimum Gasteiger partial charge on any atom is -0.330 e. The van der Waals surface area contributed by atoms with Gasteiger partial charge in [0, 0.05) is 12.7 Å². The second-order valence-electron chi connectivity index (χ2n) is 4.64. The third-order valence-electron chi connectivity index (χ3n) is 3.74. The van der Waals surface area contributed by atoms with Gasteiger partial charge >= 0.3 is 0 Å². The van der Waals surface area contributed by atoms with Crippen LogP contribution in [0.4, 0.5) is 0 Å². The van der Waals surface area contributed by atoms with Crippen molar-refractivity contribution in [2.45, 2.75) is 32.6 Å². The van der Waals surface area contributed by atoms with E-state index in [-0.39, 0.29) is 0 Å². The fraction of sp³-hybridized carbons (Fsp3) is 0.750. The van der Waals surface area contributed by atoms with Crippen LogP contribution >= 0.6 is 0 Å². The normalized spacial score (nSPS) is 25.3. The lowest BCUT2D eigenvalue weighted by atomic mass is 9.71. The summed E-state index contributed by atoms with van der Waals surface area (Å²) in [5.74, 6) is 1.56. The predicted octanol–water partition coefficient (Wildman–Crippen LogP) is 1.51. The largest absolute Gasteiger partial charge is 0.330 e. The maximum atomic E-state index is 5.72. The summed E-state index contributed by atoms with van der Waals surface area (Å²) < 4.78 is 2.03. The average Bonchev–Trinajstić information content (AvgIpc) is 2.55. The molecule has 1 aliphatic carbocycles. The van der Waals surface area contributed by atoms with Gasteiger partial charge in [0.2, 0.25) is 0 Å². The maximum absolute atomic E-state index is 5.72. The molecule has 1 saturated carbocycles. The van der Waals surface area contributed by atoms with Crippen LogP contribution < -0.4 is 5.73 Å². The summed E-state index contributed by atoms with van der Waals surface area (Å²) in [7, 11) is 2.05. The number of aromatic nitrogens is 2. The summed E-state index contributed by atoms with van der Waals surface area (Å²) >= 11 is 0. The van der Waals surface area contributed by atoms with Gasteiger partial charge in [0.05, 0.1) is 5.69 Å². The summed E-state index contributed by atoms with van der Waals surface area (Å²) in [5, 5.41) is 4.48. The van der Waals surface area contributed by atoms with E-state index in [1.807, 2.05) is 11.7 Å². The second-order valence-corrected chi connectivity index (χ2v) is 4.64. The Hall–Kier alpha value is -0.830. The molecule has 84 valence electrons. The molecule has 0 aromatic carbocycles. The minimum atomic E-state index is 0.755. The van der Waals surface area contributed by atoms with E-state index in [1.54, 1.807) is 0 Å². The first-order chi connectivity index (χ1) is 7.24. The van der Waals surface area contributed by atoms with Crippen LogP contribution in [-0.4, -0.2) is 16.3 Å². The molecule has 3 nitrogen and oxygen atoms in total. The molecule has 1 aromatic heterocycles. The molecule has 0 saturated heterocycles. The minimum absolute atomic E-state index is 0.755. The van der Waals surface area contributed by atoms with Gasteiger partial charge in [-0.05, 0) is 50.1 Å². The molecule has 2 unspecified atom stereocenters. The molecule has 2 atom stereocenters. The van der Waals surface area contributed by atoms with Crippen molar-refractivity contribution in [2.75, 3.05) is 6.54 Å². The Bertz CT molecular complexity index is 328. The van der Waals surface area contributed by atoms with Crippen LogP contribution in [0.15, 0.2) is 6.07 Å². The van der Waals surface area contributed by atoms with Crippen LogP contribution in [0, 0.1) is 11.8 Å². The topological polar surface area (TPSA) is 43.8 Å². The van der Waals surface area contributed by atoms with E-state index in [2.05, 4.69) is 18.1 Å². The van der Waals surface area contributed by atoms with E-state index in [1.165, 1.54) is 24.2 Å². The molecule has 3 heteroatoms. The van der Waals surface area contributed by atoms with Gasteiger partial charge in [-0.2, -0.15) is 5.10 Å². The van der Waals surface area contributed by atoms with Gasteiger partial charge in [-0.15, -0.1) is 0 Å². The molecule has 0 amide bonds. The Morgan fingerprint density at radius 2 is 2.20 bits per heavy atom. The average molecular weight is 207 g/mol. The Morgan fingerprint density at radius 1 is 1.47 bits per heavy atom.